The van der Waals surface area contributed by atoms with Crippen LogP contribution in [0.5, 0.6) is 0 Å². The van der Waals surface area contributed by atoms with Gasteiger partial charge in [-0.3, -0.25) is 14.9 Å². The van der Waals surface area contributed by atoms with E-state index >= 15 is 0 Å². The van der Waals surface area contributed by atoms with E-state index in [1.165, 1.54) is 29.0 Å². The van der Waals surface area contributed by atoms with Crippen LogP contribution in [0, 0.1) is 10.1 Å². The number of anilines is 1. The van der Waals surface area contributed by atoms with E-state index in [1.54, 1.807) is 17.5 Å². The first-order valence-electron chi connectivity index (χ1n) is 8.13. The monoisotopic (exact) mass is 367 g/mol. The summed E-state index contributed by atoms with van der Waals surface area (Å²) in [6.45, 7) is 2.08. The standard InChI is InChI=1S/C19H17N3O3S/c1-2-13-6-8-15(9-7-13)20-18(23)11-19-21-17(12-26-19)14-4-3-5-16(10-14)22(24)25/h3-10,12H,2,11H2,1H3,(H,20,23). The van der Waals surface area contributed by atoms with Crippen LogP contribution in [0.4, 0.5) is 11.4 Å². The molecule has 0 spiro atoms. The maximum Gasteiger partial charge on any atom is 0.270 e. The fraction of sp³-hybridized carbons (Fsp3) is 0.158. The molecule has 0 fully saturated rings. The Balaban J connectivity index is 1.66. The predicted molar refractivity (Wildman–Crippen MR) is 102 cm³/mol. The fourth-order valence-electron chi connectivity index (χ4n) is 2.47. The normalized spacial score (nSPS) is 10.5. The van der Waals surface area contributed by atoms with Crippen molar-refractivity contribution in [2.75, 3.05) is 5.32 Å². The van der Waals surface area contributed by atoms with Crippen LogP contribution < -0.4 is 5.32 Å². The third-order valence-corrected chi connectivity index (χ3v) is 4.71. The molecular weight excluding hydrogens is 350 g/mol. The van der Waals surface area contributed by atoms with Crippen LogP contribution in [0.2, 0.25) is 0 Å². The maximum atomic E-state index is 12.2. The molecule has 0 aliphatic rings. The molecule has 2 aromatic carbocycles. The van der Waals surface area contributed by atoms with Crippen molar-refractivity contribution in [2.24, 2.45) is 0 Å². The highest BCUT2D eigenvalue weighted by Gasteiger charge is 2.12. The van der Waals surface area contributed by atoms with Gasteiger partial charge in [-0.1, -0.05) is 31.2 Å². The van der Waals surface area contributed by atoms with Gasteiger partial charge in [0.1, 0.15) is 5.01 Å². The highest BCUT2D eigenvalue weighted by atomic mass is 32.1. The van der Waals surface area contributed by atoms with Crippen LogP contribution >= 0.6 is 11.3 Å². The lowest BCUT2D eigenvalue weighted by molar-refractivity contribution is -0.384. The van der Waals surface area contributed by atoms with E-state index in [0.717, 1.165) is 12.1 Å². The molecule has 0 saturated heterocycles. The van der Waals surface area contributed by atoms with Gasteiger partial charge in [-0.05, 0) is 24.1 Å². The second kappa shape index (κ2) is 7.88. The summed E-state index contributed by atoms with van der Waals surface area (Å²) >= 11 is 1.36. The number of thiazole rings is 1. The zero-order valence-electron chi connectivity index (χ0n) is 14.1. The number of carbonyl (C=O) groups is 1. The molecule has 7 heteroatoms. The lowest BCUT2D eigenvalue weighted by Gasteiger charge is -2.04. The third-order valence-electron chi connectivity index (χ3n) is 3.86. The van der Waals surface area contributed by atoms with Crippen molar-refractivity contribution in [3.8, 4) is 11.3 Å². The quantitative estimate of drug-likeness (QED) is 0.515. The second-order valence-electron chi connectivity index (χ2n) is 5.71. The molecular formula is C19H17N3O3S. The van der Waals surface area contributed by atoms with Crippen molar-refractivity contribution in [1.29, 1.82) is 0 Å². The third kappa shape index (κ3) is 4.31. The number of aromatic nitrogens is 1. The van der Waals surface area contributed by atoms with Gasteiger partial charge < -0.3 is 5.32 Å². The van der Waals surface area contributed by atoms with E-state index in [1.807, 2.05) is 24.3 Å². The molecule has 0 bridgehead atoms. The minimum absolute atomic E-state index is 0.0188. The number of hydrogen-bond acceptors (Lipinski definition) is 5. The summed E-state index contributed by atoms with van der Waals surface area (Å²) in [5.41, 5.74) is 3.28. The maximum absolute atomic E-state index is 12.2. The van der Waals surface area contributed by atoms with Crippen LogP contribution in [0.3, 0.4) is 0 Å². The first kappa shape index (κ1) is 17.8. The summed E-state index contributed by atoms with van der Waals surface area (Å²) in [7, 11) is 0. The summed E-state index contributed by atoms with van der Waals surface area (Å²) in [5.74, 6) is -0.144. The van der Waals surface area contributed by atoms with Gasteiger partial charge in [0.05, 0.1) is 17.0 Å². The Bertz CT molecular complexity index is 935. The van der Waals surface area contributed by atoms with Crippen LogP contribution in [-0.4, -0.2) is 15.8 Å². The molecule has 0 saturated carbocycles. The molecule has 6 nitrogen and oxygen atoms in total. The Morgan fingerprint density at radius 3 is 2.69 bits per heavy atom. The van der Waals surface area contributed by atoms with Gasteiger partial charge in [0.15, 0.2) is 0 Å². The van der Waals surface area contributed by atoms with Crippen LogP contribution in [-0.2, 0) is 17.6 Å². The number of benzene rings is 2. The molecule has 1 N–H and O–H groups in total. The summed E-state index contributed by atoms with van der Waals surface area (Å²) in [6.07, 6.45) is 1.11. The Morgan fingerprint density at radius 1 is 1.23 bits per heavy atom. The van der Waals surface area contributed by atoms with E-state index in [-0.39, 0.29) is 18.0 Å². The van der Waals surface area contributed by atoms with Gasteiger partial charge in [-0.15, -0.1) is 11.3 Å². The van der Waals surface area contributed by atoms with Gasteiger partial charge in [-0.25, -0.2) is 4.98 Å². The number of nitro groups is 1. The molecule has 1 heterocycles. The Hall–Kier alpha value is -3.06. The lowest BCUT2D eigenvalue weighted by atomic mass is 10.1. The highest BCUT2D eigenvalue weighted by Crippen LogP contribution is 2.25. The fourth-order valence-corrected chi connectivity index (χ4v) is 3.27. The average molecular weight is 367 g/mol. The SMILES string of the molecule is CCc1ccc(NC(=O)Cc2nc(-c3cccc([N+](=O)[O-])c3)cs2)cc1. The summed E-state index contributed by atoms with van der Waals surface area (Å²) in [4.78, 5) is 27.1. The van der Waals surface area contributed by atoms with Crippen molar-refractivity contribution < 1.29 is 9.72 Å². The number of nitro benzene ring substituents is 1. The van der Waals surface area contributed by atoms with Gasteiger partial charge >= 0.3 is 0 Å². The van der Waals surface area contributed by atoms with Gasteiger partial charge in [0, 0.05) is 28.8 Å². The molecule has 1 aromatic heterocycles. The highest BCUT2D eigenvalue weighted by molar-refractivity contribution is 7.10. The first-order valence-corrected chi connectivity index (χ1v) is 9.01. The molecule has 0 aliphatic heterocycles. The molecule has 132 valence electrons. The Morgan fingerprint density at radius 2 is 2.00 bits per heavy atom. The number of rotatable bonds is 6. The van der Waals surface area contributed by atoms with Crippen LogP contribution in [0.25, 0.3) is 11.3 Å². The first-order chi connectivity index (χ1) is 12.5. The topological polar surface area (TPSA) is 85.1 Å². The molecule has 0 unspecified atom stereocenters. The minimum atomic E-state index is -0.436. The van der Waals surface area contributed by atoms with E-state index in [4.69, 9.17) is 0 Å². The summed E-state index contributed by atoms with van der Waals surface area (Å²) < 4.78 is 0. The number of nitrogens with zero attached hydrogens (tertiary/aromatic N) is 2. The molecule has 1 amide bonds. The number of non-ortho nitro benzene ring substituents is 1. The average Bonchev–Trinajstić information content (AvgIpc) is 3.10. The zero-order valence-corrected chi connectivity index (χ0v) is 15.0. The molecule has 0 radical (unpaired) electrons. The smallest absolute Gasteiger partial charge is 0.270 e. The van der Waals surface area contributed by atoms with E-state index in [0.29, 0.717) is 16.3 Å². The molecule has 26 heavy (non-hydrogen) atoms. The van der Waals surface area contributed by atoms with Crippen molar-refractivity contribution >= 4 is 28.6 Å². The van der Waals surface area contributed by atoms with Gasteiger partial charge in [0.2, 0.25) is 5.91 Å². The van der Waals surface area contributed by atoms with Crippen molar-refractivity contribution in [2.45, 2.75) is 19.8 Å². The molecule has 3 aromatic rings. The number of hydrogen-bond donors (Lipinski definition) is 1. The van der Waals surface area contributed by atoms with E-state index in [2.05, 4.69) is 17.2 Å². The molecule has 0 atom stereocenters. The Kier molecular flexibility index (Phi) is 5.38. The lowest BCUT2D eigenvalue weighted by Crippen LogP contribution is -2.14. The number of nitrogens with one attached hydrogen (secondary N) is 1. The van der Waals surface area contributed by atoms with Crippen molar-refractivity contribution in [1.82, 2.24) is 4.98 Å². The summed E-state index contributed by atoms with van der Waals surface area (Å²) in [6, 6.07) is 14.0. The molecule has 0 aliphatic carbocycles. The van der Waals surface area contributed by atoms with Gasteiger partial charge in [-0.2, -0.15) is 0 Å². The van der Waals surface area contributed by atoms with E-state index < -0.39 is 4.92 Å². The second-order valence-corrected chi connectivity index (χ2v) is 6.65. The van der Waals surface area contributed by atoms with Crippen LogP contribution in [0.15, 0.2) is 53.9 Å². The predicted octanol–water partition coefficient (Wildman–Crippen LogP) is 4.46. The van der Waals surface area contributed by atoms with Crippen LogP contribution in [0.1, 0.15) is 17.5 Å². The largest absolute Gasteiger partial charge is 0.326 e. The minimum Gasteiger partial charge on any atom is -0.326 e. The number of amides is 1. The zero-order chi connectivity index (χ0) is 18.5. The molecule has 3 rings (SSSR count). The van der Waals surface area contributed by atoms with Gasteiger partial charge in [0.25, 0.3) is 5.69 Å². The summed E-state index contributed by atoms with van der Waals surface area (Å²) in [5, 5.41) is 16.2. The Labute approximate surface area is 154 Å². The van der Waals surface area contributed by atoms with Crippen molar-refractivity contribution in [3.05, 3.63) is 74.6 Å². The van der Waals surface area contributed by atoms with E-state index in [9.17, 15) is 14.9 Å². The van der Waals surface area contributed by atoms with Crippen molar-refractivity contribution in [3.63, 3.8) is 0 Å². The number of aryl methyl sites for hydroxylation is 1. The number of carbonyl (C=O) groups excluding carboxylic acids is 1.